The van der Waals surface area contributed by atoms with Crippen molar-refractivity contribution >= 4 is 33.6 Å². The summed E-state index contributed by atoms with van der Waals surface area (Å²) in [6.45, 7) is 2.33. The minimum atomic E-state index is -0.705. The first-order chi connectivity index (χ1) is 15.0. The standard InChI is InChI=1S/C22H24N6O3/c1-2-14-17(10-30-13-5-3-12-4-6-18(23)27-16(12)9-13)31-22(19(14)29)28-8-7-15-20(24)25-11-26-21(15)28/h3-9,11,14,17,19,22,29H,2,10H2,1H3,(H2,23,27)(H2,24,25,26)/t14-,17+,19+,22+/m0/s1. The second-order valence-corrected chi connectivity index (χ2v) is 7.75. The number of fused-ring (bicyclic) bond motifs is 2. The van der Waals surface area contributed by atoms with E-state index in [-0.39, 0.29) is 12.0 Å². The third-order valence-corrected chi connectivity index (χ3v) is 5.91. The van der Waals surface area contributed by atoms with Gasteiger partial charge in [-0.2, -0.15) is 0 Å². The molecule has 9 nitrogen and oxygen atoms in total. The second kappa shape index (κ2) is 7.68. The van der Waals surface area contributed by atoms with Gasteiger partial charge in [0.1, 0.15) is 42.1 Å². The lowest BCUT2D eigenvalue weighted by atomic mass is 9.95. The summed E-state index contributed by atoms with van der Waals surface area (Å²) in [5, 5.41) is 12.7. The van der Waals surface area contributed by atoms with Crippen LogP contribution in [0.15, 0.2) is 48.9 Å². The molecule has 5 N–H and O–H groups in total. The zero-order chi connectivity index (χ0) is 21.5. The predicted molar refractivity (Wildman–Crippen MR) is 117 cm³/mol. The number of hydrogen-bond acceptors (Lipinski definition) is 8. The Labute approximate surface area is 178 Å². The number of aromatic nitrogens is 4. The van der Waals surface area contributed by atoms with Crippen LogP contribution in [0.1, 0.15) is 19.6 Å². The number of benzene rings is 1. The van der Waals surface area contributed by atoms with Crippen LogP contribution in [0.25, 0.3) is 21.9 Å². The molecular weight excluding hydrogens is 396 g/mol. The van der Waals surface area contributed by atoms with Crippen molar-refractivity contribution in [1.82, 2.24) is 19.5 Å². The average Bonchev–Trinajstić information content (AvgIpc) is 3.33. The van der Waals surface area contributed by atoms with Crippen LogP contribution in [0, 0.1) is 5.92 Å². The van der Waals surface area contributed by atoms with Crippen LogP contribution in [-0.2, 0) is 4.74 Å². The first-order valence-electron chi connectivity index (χ1n) is 10.2. The van der Waals surface area contributed by atoms with Gasteiger partial charge in [0.25, 0.3) is 0 Å². The molecule has 0 spiro atoms. The van der Waals surface area contributed by atoms with Crippen LogP contribution < -0.4 is 16.2 Å². The lowest BCUT2D eigenvalue weighted by molar-refractivity contribution is -0.0458. The van der Waals surface area contributed by atoms with Gasteiger partial charge in [-0.05, 0) is 36.8 Å². The highest BCUT2D eigenvalue weighted by Gasteiger charge is 2.44. The fourth-order valence-electron chi connectivity index (χ4n) is 4.27. The summed E-state index contributed by atoms with van der Waals surface area (Å²) in [6, 6.07) is 11.2. The van der Waals surface area contributed by atoms with Crippen LogP contribution in [0.2, 0.25) is 0 Å². The van der Waals surface area contributed by atoms with Gasteiger partial charge in [0.05, 0.1) is 17.0 Å². The Morgan fingerprint density at radius 1 is 1.16 bits per heavy atom. The molecule has 0 amide bonds. The van der Waals surface area contributed by atoms with Gasteiger partial charge in [-0.3, -0.25) is 0 Å². The lowest BCUT2D eigenvalue weighted by Gasteiger charge is -2.19. The van der Waals surface area contributed by atoms with E-state index in [0.717, 1.165) is 22.7 Å². The van der Waals surface area contributed by atoms with Crippen molar-refractivity contribution in [3.8, 4) is 5.75 Å². The molecule has 0 bridgehead atoms. The molecule has 1 aliphatic heterocycles. The van der Waals surface area contributed by atoms with E-state index < -0.39 is 12.3 Å². The molecule has 1 saturated heterocycles. The van der Waals surface area contributed by atoms with Gasteiger partial charge in [0.15, 0.2) is 6.23 Å². The molecule has 3 aromatic heterocycles. The van der Waals surface area contributed by atoms with Gasteiger partial charge in [0.2, 0.25) is 0 Å². The fourth-order valence-corrected chi connectivity index (χ4v) is 4.27. The molecule has 1 aliphatic rings. The van der Waals surface area contributed by atoms with Gasteiger partial charge in [-0.25, -0.2) is 15.0 Å². The summed E-state index contributed by atoms with van der Waals surface area (Å²) >= 11 is 0. The van der Waals surface area contributed by atoms with Gasteiger partial charge in [-0.1, -0.05) is 6.92 Å². The van der Waals surface area contributed by atoms with Crippen molar-refractivity contribution in [2.45, 2.75) is 31.8 Å². The average molecular weight is 420 g/mol. The monoisotopic (exact) mass is 420 g/mol. The summed E-state index contributed by atoms with van der Waals surface area (Å²) in [6.07, 6.45) is 2.41. The van der Waals surface area contributed by atoms with E-state index in [4.69, 9.17) is 20.9 Å². The number of hydrogen-bond donors (Lipinski definition) is 3. The summed E-state index contributed by atoms with van der Waals surface area (Å²) in [5.41, 5.74) is 13.1. The number of pyridine rings is 1. The van der Waals surface area contributed by atoms with Crippen molar-refractivity contribution in [2.75, 3.05) is 18.1 Å². The van der Waals surface area contributed by atoms with E-state index in [0.29, 0.717) is 29.6 Å². The molecule has 4 heterocycles. The molecular formula is C22H24N6O3. The summed E-state index contributed by atoms with van der Waals surface area (Å²) in [7, 11) is 0. The van der Waals surface area contributed by atoms with Crippen molar-refractivity contribution < 1.29 is 14.6 Å². The number of nitrogens with two attached hydrogens (primary N) is 2. The largest absolute Gasteiger partial charge is 0.491 e. The molecule has 0 aliphatic carbocycles. The molecule has 4 atom stereocenters. The van der Waals surface area contributed by atoms with Gasteiger partial charge in [-0.15, -0.1) is 0 Å². The highest BCUT2D eigenvalue weighted by Crippen LogP contribution is 2.38. The molecule has 1 fully saturated rings. The topological polar surface area (TPSA) is 134 Å². The number of rotatable bonds is 5. The van der Waals surface area contributed by atoms with E-state index in [1.54, 1.807) is 6.07 Å². The fraction of sp³-hybridized carbons (Fsp3) is 0.318. The van der Waals surface area contributed by atoms with E-state index in [2.05, 4.69) is 15.0 Å². The number of anilines is 2. The molecule has 0 radical (unpaired) electrons. The zero-order valence-corrected chi connectivity index (χ0v) is 17.0. The minimum Gasteiger partial charge on any atom is -0.491 e. The van der Waals surface area contributed by atoms with Crippen LogP contribution in [0.4, 0.5) is 11.6 Å². The van der Waals surface area contributed by atoms with E-state index in [9.17, 15) is 5.11 Å². The molecule has 160 valence electrons. The molecule has 4 aromatic rings. The highest BCUT2D eigenvalue weighted by atomic mass is 16.6. The number of aliphatic hydroxyl groups excluding tert-OH is 1. The number of ether oxygens (including phenoxy) is 2. The highest BCUT2D eigenvalue weighted by molar-refractivity contribution is 5.86. The Kier molecular flexibility index (Phi) is 4.84. The Morgan fingerprint density at radius 2 is 2.00 bits per heavy atom. The first-order valence-corrected chi connectivity index (χ1v) is 10.2. The third-order valence-electron chi connectivity index (χ3n) is 5.91. The Bertz CT molecular complexity index is 1240. The lowest BCUT2D eigenvalue weighted by Crippen LogP contribution is -2.29. The molecule has 5 rings (SSSR count). The van der Waals surface area contributed by atoms with Gasteiger partial charge in [0, 0.05) is 23.6 Å². The zero-order valence-electron chi connectivity index (χ0n) is 17.0. The maximum Gasteiger partial charge on any atom is 0.162 e. The first kappa shape index (κ1) is 19.5. The summed E-state index contributed by atoms with van der Waals surface area (Å²) in [5.74, 6) is 1.45. The molecule has 1 aromatic carbocycles. The van der Waals surface area contributed by atoms with E-state index in [1.807, 2.05) is 48.0 Å². The van der Waals surface area contributed by atoms with Crippen molar-refractivity contribution in [1.29, 1.82) is 0 Å². The van der Waals surface area contributed by atoms with Crippen LogP contribution >= 0.6 is 0 Å². The van der Waals surface area contributed by atoms with Gasteiger partial charge < -0.3 is 30.6 Å². The molecule has 0 unspecified atom stereocenters. The Morgan fingerprint density at radius 3 is 2.84 bits per heavy atom. The maximum atomic E-state index is 11.0. The van der Waals surface area contributed by atoms with Gasteiger partial charge >= 0.3 is 0 Å². The SMILES string of the molecule is CC[C@@H]1[C@@H](O)[C@H](n2ccc3c(N)ncnc32)O[C@@H]1COc1ccc2ccc(N)nc2c1. The maximum absolute atomic E-state index is 11.0. The van der Waals surface area contributed by atoms with E-state index >= 15 is 0 Å². The van der Waals surface area contributed by atoms with Crippen LogP contribution in [0.3, 0.4) is 0 Å². The molecule has 9 heteroatoms. The summed E-state index contributed by atoms with van der Waals surface area (Å²) in [4.78, 5) is 12.7. The van der Waals surface area contributed by atoms with E-state index in [1.165, 1.54) is 6.33 Å². The Hall–Kier alpha value is -3.43. The van der Waals surface area contributed by atoms with Crippen molar-refractivity contribution in [2.24, 2.45) is 5.92 Å². The third kappa shape index (κ3) is 3.41. The number of nitrogen functional groups attached to an aromatic ring is 2. The smallest absolute Gasteiger partial charge is 0.162 e. The number of aliphatic hydroxyl groups is 1. The minimum absolute atomic E-state index is 0.0872. The number of nitrogens with zero attached hydrogens (tertiary/aromatic N) is 4. The quantitative estimate of drug-likeness (QED) is 0.448. The van der Waals surface area contributed by atoms with Crippen molar-refractivity contribution in [3.63, 3.8) is 0 Å². The predicted octanol–water partition coefficient (Wildman–Crippen LogP) is 2.51. The molecule has 31 heavy (non-hydrogen) atoms. The van der Waals surface area contributed by atoms with Crippen molar-refractivity contribution in [3.05, 3.63) is 48.9 Å². The summed E-state index contributed by atoms with van der Waals surface area (Å²) < 4.78 is 14.1. The van der Waals surface area contributed by atoms with Crippen LogP contribution in [-0.4, -0.2) is 43.4 Å². The second-order valence-electron chi connectivity index (χ2n) is 7.75. The Balaban J connectivity index is 1.36. The van der Waals surface area contributed by atoms with Crippen LogP contribution in [0.5, 0.6) is 5.75 Å². The molecule has 0 saturated carbocycles. The normalized spacial score (nSPS) is 23.5.